The van der Waals surface area contributed by atoms with Crippen LogP contribution in [0.3, 0.4) is 0 Å². The van der Waals surface area contributed by atoms with Crippen molar-refractivity contribution in [3.05, 3.63) is 47.0 Å². The third kappa shape index (κ3) is 6.63. The topological polar surface area (TPSA) is 226 Å². The molecule has 3 aliphatic heterocycles. The maximum absolute atomic E-state index is 10.7. The van der Waals surface area contributed by atoms with Gasteiger partial charge in [0.1, 0.15) is 42.2 Å². The lowest BCUT2D eigenvalue weighted by Crippen LogP contribution is -2.60. The zero-order valence-electron chi connectivity index (χ0n) is 25.5. The molecule has 3 heterocycles. The fraction of sp³-hybridized carbons (Fsp3) is 0.613. The van der Waals surface area contributed by atoms with Gasteiger partial charge in [-0.2, -0.15) is 0 Å². The number of hydrogen-bond acceptors (Lipinski definition) is 15. The lowest BCUT2D eigenvalue weighted by Gasteiger charge is -2.40. The summed E-state index contributed by atoms with van der Waals surface area (Å²) in [6, 6.07) is 8.68. The van der Waals surface area contributed by atoms with Crippen LogP contribution in [-0.2, 0) is 20.6 Å². The van der Waals surface area contributed by atoms with Crippen LogP contribution in [0.1, 0.15) is 35.1 Å². The Bertz CT molecular complexity index is 1330. The number of aliphatic hydroxyl groups is 8. The smallest absolute Gasteiger partial charge is 0.229 e. The molecule has 8 N–H and O–H groups in total. The molecule has 0 bridgehead atoms. The van der Waals surface area contributed by atoms with Gasteiger partial charge in [0.2, 0.25) is 6.29 Å². The Morgan fingerprint density at radius 1 is 0.891 bits per heavy atom. The third-order valence-corrected chi connectivity index (χ3v) is 8.63. The normalized spacial score (nSPS) is 33.8. The summed E-state index contributed by atoms with van der Waals surface area (Å²) in [5.41, 5.74) is 0.437. The van der Waals surface area contributed by atoms with Gasteiger partial charge in [0.25, 0.3) is 0 Å². The van der Waals surface area contributed by atoms with E-state index >= 15 is 0 Å². The average molecular weight is 655 g/mol. The van der Waals surface area contributed by atoms with Gasteiger partial charge in [0.15, 0.2) is 29.3 Å². The number of rotatable bonds is 13. The maximum atomic E-state index is 10.7. The highest BCUT2D eigenvalue weighted by molar-refractivity contribution is 5.56. The summed E-state index contributed by atoms with van der Waals surface area (Å²) in [7, 11) is 2.94. The molecule has 3 aliphatic rings. The third-order valence-electron chi connectivity index (χ3n) is 8.63. The average Bonchev–Trinajstić information content (AvgIpc) is 3.59. The number of methoxy groups -OCH3 is 2. The molecule has 0 unspecified atom stereocenters. The molecular formula is C31H42O15. The molecule has 15 nitrogen and oxygen atoms in total. The Morgan fingerprint density at radius 2 is 1.65 bits per heavy atom. The summed E-state index contributed by atoms with van der Waals surface area (Å²) in [4.78, 5) is 0. The fourth-order valence-corrected chi connectivity index (χ4v) is 5.89. The van der Waals surface area contributed by atoms with Crippen molar-refractivity contribution in [1.82, 2.24) is 0 Å². The van der Waals surface area contributed by atoms with E-state index in [0.29, 0.717) is 29.9 Å². The van der Waals surface area contributed by atoms with Crippen molar-refractivity contribution in [2.75, 3.05) is 47.3 Å². The van der Waals surface area contributed by atoms with Gasteiger partial charge in [-0.05, 0) is 42.2 Å². The number of aliphatic hydroxyl groups excluding tert-OH is 7. The van der Waals surface area contributed by atoms with Crippen LogP contribution in [0.4, 0.5) is 0 Å². The van der Waals surface area contributed by atoms with Crippen LogP contribution in [0.5, 0.6) is 23.0 Å². The molecule has 0 amide bonds. The Hall–Kier alpha value is -2.80. The molecule has 0 aromatic heterocycles. The predicted molar refractivity (Wildman–Crippen MR) is 156 cm³/mol. The highest BCUT2D eigenvalue weighted by Gasteiger charge is 2.50. The minimum absolute atomic E-state index is 0.0449. The lowest BCUT2D eigenvalue weighted by molar-refractivity contribution is -0.289. The number of hydrogen-bond donors (Lipinski definition) is 8. The first-order valence-electron chi connectivity index (χ1n) is 15.0. The molecule has 2 aromatic rings. The van der Waals surface area contributed by atoms with Crippen LogP contribution in [0.25, 0.3) is 0 Å². The van der Waals surface area contributed by atoms with Crippen LogP contribution in [0, 0.1) is 0 Å². The van der Waals surface area contributed by atoms with E-state index in [4.69, 9.17) is 33.2 Å². The van der Waals surface area contributed by atoms with E-state index in [1.165, 1.54) is 14.2 Å². The van der Waals surface area contributed by atoms with Crippen molar-refractivity contribution in [3.63, 3.8) is 0 Å². The summed E-state index contributed by atoms with van der Waals surface area (Å²) >= 11 is 0. The standard InChI is InChI=1S/C31H42O15/c1-40-20-10-16(26-18(11-33)17-8-15(4-3-7-32)9-21(41-2)27(17)46-26)5-6-19(20)44-29-25(37)24(36)23(35)22(45-29)12-42-30-28(38)31(39,13-34)14-43-30/h5-6,8-10,18,22-26,28-30,32-39H,3-4,7,11-14H2,1-2H3/t18-,22-,23+,24-,25-,26-,28+,29+,30-,31-/m1/s1. The molecule has 5 rings (SSSR count). The molecule has 0 spiro atoms. The molecule has 0 saturated carbocycles. The second-order valence-corrected chi connectivity index (χ2v) is 11.6. The van der Waals surface area contributed by atoms with Gasteiger partial charge in [0.05, 0.1) is 46.6 Å². The molecule has 15 heteroatoms. The monoisotopic (exact) mass is 654 g/mol. The summed E-state index contributed by atoms with van der Waals surface area (Å²) in [6.45, 7) is -1.76. The van der Waals surface area contributed by atoms with Crippen molar-refractivity contribution in [3.8, 4) is 23.0 Å². The highest BCUT2D eigenvalue weighted by atomic mass is 16.7. The van der Waals surface area contributed by atoms with Crippen LogP contribution in [-0.4, -0.2) is 137 Å². The first-order chi connectivity index (χ1) is 22.1. The highest BCUT2D eigenvalue weighted by Crippen LogP contribution is 2.51. The van der Waals surface area contributed by atoms with Gasteiger partial charge in [-0.15, -0.1) is 0 Å². The van der Waals surface area contributed by atoms with Crippen LogP contribution >= 0.6 is 0 Å². The number of benzene rings is 2. The van der Waals surface area contributed by atoms with Crippen molar-refractivity contribution in [2.24, 2.45) is 0 Å². The lowest BCUT2D eigenvalue weighted by atomic mass is 9.90. The quantitative estimate of drug-likeness (QED) is 0.123. The molecule has 256 valence electrons. The zero-order valence-corrected chi connectivity index (χ0v) is 25.5. The molecule has 0 radical (unpaired) electrons. The van der Waals surface area contributed by atoms with Gasteiger partial charge in [0, 0.05) is 12.2 Å². The van der Waals surface area contributed by atoms with E-state index in [2.05, 4.69) is 0 Å². The molecule has 10 atom stereocenters. The van der Waals surface area contributed by atoms with E-state index in [9.17, 15) is 40.9 Å². The Labute approximate surface area is 265 Å². The Kier molecular flexibility index (Phi) is 10.9. The summed E-state index contributed by atoms with van der Waals surface area (Å²) < 4.78 is 39.7. The van der Waals surface area contributed by atoms with Crippen molar-refractivity contribution in [1.29, 1.82) is 0 Å². The fourth-order valence-electron chi connectivity index (χ4n) is 5.89. The SMILES string of the molecule is COc1cc([C@H]2Oc3c(OC)cc(CCCO)cc3[C@H]2CO)ccc1O[C@H]1O[C@H](CO[C@@H]2OC[C@](O)(CO)[C@H]2O)[C@H](O)[C@@H](O)[C@H]1O. The van der Waals surface area contributed by atoms with Gasteiger partial charge in [-0.1, -0.05) is 12.1 Å². The van der Waals surface area contributed by atoms with Crippen molar-refractivity contribution < 1.29 is 74.0 Å². The van der Waals surface area contributed by atoms with Crippen molar-refractivity contribution in [2.45, 2.75) is 73.6 Å². The second-order valence-electron chi connectivity index (χ2n) is 11.6. The van der Waals surface area contributed by atoms with Gasteiger partial charge < -0.3 is 74.0 Å². The van der Waals surface area contributed by atoms with Crippen LogP contribution in [0.15, 0.2) is 30.3 Å². The first-order valence-corrected chi connectivity index (χ1v) is 15.0. The predicted octanol–water partition coefficient (Wildman–Crippen LogP) is -1.52. The number of aryl methyl sites for hydroxylation is 1. The molecule has 46 heavy (non-hydrogen) atoms. The number of ether oxygens (including phenoxy) is 7. The number of fused-ring (bicyclic) bond motifs is 1. The molecule has 2 aromatic carbocycles. The Balaban J connectivity index is 1.31. The van der Waals surface area contributed by atoms with Crippen LogP contribution in [0.2, 0.25) is 0 Å². The van der Waals surface area contributed by atoms with Gasteiger partial charge in [-0.3, -0.25) is 0 Å². The summed E-state index contributed by atoms with van der Waals surface area (Å²) in [5, 5.41) is 81.1. The molecular weight excluding hydrogens is 612 g/mol. The molecule has 0 aliphatic carbocycles. The summed E-state index contributed by atoms with van der Waals surface area (Å²) in [6.07, 6.45) is -10.1. The maximum Gasteiger partial charge on any atom is 0.229 e. The van der Waals surface area contributed by atoms with Crippen LogP contribution < -0.4 is 18.9 Å². The Morgan fingerprint density at radius 3 is 2.30 bits per heavy atom. The largest absolute Gasteiger partial charge is 0.493 e. The van der Waals surface area contributed by atoms with E-state index in [0.717, 1.165) is 11.1 Å². The zero-order chi connectivity index (χ0) is 33.2. The summed E-state index contributed by atoms with van der Waals surface area (Å²) in [5.74, 6) is 0.931. The van der Waals surface area contributed by atoms with Crippen molar-refractivity contribution >= 4 is 0 Å². The molecule has 2 fully saturated rings. The van der Waals surface area contributed by atoms with Gasteiger partial charge >= 0.3 is 0 Å². The van der Waals surface area contributed by atoms with E-state index in [1.807, 2.05) is 12.1 Å². The first kappa shape index (κ1) is 34.5. The second kappa shape index (κ2) is 14.5. The van der Waals surface area contributed by atoms with E-state index in [1.54, 1.807) is 18.2 Å². The minimum Gasteiger partial charge on any atom is -0.493 e. The minimum atomic E-state index is -1.92. The van der Waals surface area contributed by atoms with E-state index in [-0.39, 0.29) is 31.3 Å². The van der Waals surface area contributed by atoms with E-state index < -0.39 is 73.9 Å². The van der Waals surface area contributed by atoms with Gasteiger partial charge in [-0.25, -0.2) is 0 Å². The molecule has 2 saturated heterocycles.